The van der Waals surface area contributed by atoms with Gasteiger partial charge in [-0.05, 0) is 26.8 Å². The number of hydrogen-bond donors (Lipinski definition) is 1. The number of amides is 1. The lowest BCUT2D eigenvalue weighted by Crippen LogP contribution is -2.49. The van der Waals surface area contributed by atoms with Crippen LogP contribution in [0.25, 0.3) is 0 Å². The maximum absolute atomic E-state index is 13.0. The van der Waals surface area contributed by atoms with E-state index in [-0.39, 0.29) is 30.5 Å². The quantitative estimate of drug-likeness (QED) is 0.789. The maximum Gasteiger partial charge on any atom is 0.419 e. The number of rotatable bonds is 3. The summed E-state index contributed by atoms with van der Waals surface area (Å²) in [7, 11) is 0. The van der Waals surface area contributed by atoms with Crippen molar-refractivity contribution in [2.75, 3.05) is 31.6 Å². The molecule has 1 N–H and O–H groups in total. The molecule has 1 aliphatic heterocycles. The summed E-state index contributed by atoms with van der Waals surface area (Å²) in [5.41, 5.74) is -1.73. The van der Waals surface area contributed by atoms with Gasteiger partial charge < -0.3 is 19.7 Å². The standard InChI is InChI=1S/C16H21ClF3N3O3/c1-15(2,3)26-14(24)23-4-5-25-10(9-23)7-21-12-6-13(17)22-8-11(12)16(18,19)20/h6,8,10H,4-5,7,9H2,1-3H3,(H,21,22). The van der Waals surface area contributed by atoms with Crippen molar-refractivity contribution in [3.05, 3.63) is 23.0 Å². The average molecular weight is 396 g/mol. The van der Waals surface area contributed by atoms with Crippen LogP contribution in [0.1, 0.15) is 26.3 Å². The number of morpholine rings is 1. The highest BCUT2D eigenvalue weighted by Gasteiger charge is 2.35. The summed E-state index contributed by atoms with van der Waals surface area (Å²) in [6.45, 7) is 6.20. The smallest absolute Gasteiger partial charge is 0.419 e. The summed E-state index contributed by atoms with van der Waals surface area (Å²) in [6, 6.07) is 1.11. The Kier molecular flexibility index (Phi) is 6.23. The zero-order chi connectivity index (χ0) is 19.5. The van der Waals surface area contributed by atoms with Gasteiger partial charge in [-0.1, -0.05) is 11.6 Å². The Balaban J connectivity index is 2.00. The van der Waals surface area contributed by atoms with Gasteiger partial charge in [-0.2, -0.15) is 13.2 Å². The van der Waals surface area contributed by atoms with Crippen LogP contribution in [0.3, 0.4) is 0 Å². The second-order valence-electron chi connectivity index (χ2n) is 6.85. The zero-order valence-corrected chi connectivity index (χ0v) is 15.4. The Bertz CT molecular complexity index is 650. The van der Waals surface area contributed by atoms with Crippen LogP contribution in [-0.2, 0) is 15.7 Å². The van der Waals surface area contributed by atoms with Crippen molar-refractivity contribution in [3.8, 4) is 0 Å². The van der Waals surface area contributed by atoms with E-state index in [1.54, 1.807) is 20.8 Å². The van der Waals surface area contributed by atoms with Crippen LogP contribution in [-0.4, -0.2) is 53.9 Å². The molecule has 2 rings (SSSR count). The Labute approximate surface area is 154 Å². The molecular formula is C16H21ClF3N3O3. The van der Waals surface area contributed by atoms with Gasteiger partial charge in [0.05, 0.1) is 30.5 Å². The molecule has 0 radical (unpaired) electrons. The van der Waals surface area contributed by atoms with Crippen molar-refractivity contribution in [1.82, 2.24) is 9.88 Å². The number of aromatic nitrogens is 1. The highest BCUT2D eigenvalue weighted by molar-refractivity contribution is 6.29. The summed E-state index contributed by atoms with van der Waals surface area (Å²) >= 11 is 5.70. The van der Waals surface area contributed by atoms with Crippen LogP contribution in [0.5, 0.6) is 0 Å². The number of carbonyl (C=O) groups excluding carboxylic acids is 1. The van der Waals surface area contributed by atoms with Crippen LogP contribution in [0.4, 0.5) is 23.7 Å². The monoisotopic (exact) mass is 395 g/mol. The molecule has 0 aromatic carbocycles. The third-order valence-corrected chi connectivity index (χ3v) is 3.69. The van der Waals surface area contributed by atoms with Gasteiger partial charge in [-0.25, -0.2) is 9.78 Å². The predicted molar refractivity (Wildman–Crippen MR) is 90.3 cm³/mol. The van der Waals surface area contributed by atoms with E-state index < -0.39 is 29.5 Å². The van der Waals surface area contributed by atoms with Crippen molar-refractivity contribution >= 4 is 23.4 Å². The van der Waals surface area contributed by atoms with Crippen molar-refractivity contribution < 1.29 is 27.4 Å². The minimum atomic E-state index is -4.56. The van der Waals surface area contributed by atoms with Crippen molar-refractivity contribution in [1.29, 1.82) is 0 Å². The number of ether oxygens (including phenoxy) is 2. The molecule has 1 aliphatic rings. The van der Waals surface area contributed by atoms with Gasteiger partial charge in [0, 0.05) is 19.3 Å². The lowest BCUT2D eigenvalue weighted by atomic mass is 10.2. The second kappa shape index (κ2) is 7.87. The molecule has 146 valence electrons. The molecule has 1 atom stereocenters. The van der Waals surface area contributed by atoms with E-state index in [1.807, 2.05) is 0 Å². The van der Waals surface area contributed by atoms with Gasteiger partial charge in [0.25, 0.3) is 0 Å². The lowest BCUT2D eigenvalue weighted by Gasteiger charge is -2.34. The Morgan fingerprint density at radius 3 is 2.77 bits per heavy atom. The van der Waals surface area contributed by atoms with E-state index in [1.165, 1.54) is 4.90 Å². The SMILES string of the molecule is CC(C)(C)OC(=O)N1CCOC(CNc2cc(Cl)ncc2C(F)(F)F)C1. The third kappa shape index (κ3) is 5.91. The highest BCUT2D eigenvalue weighted by Crippen LogP contribution is 2.35. The Morgan fingerprint density at radius 1 is 1.46 bits per heavy atom. The molecule has 1 fully saturated rings. The zero-order valence-electron chi connectivity index (χ0n) is 14.7. The topological polar surface area (TPSA) is 63.7 Å². The summed E-state index contributed by atoms with van der Waals surface area (Å²) < 4.78 is 50.0. The summed E-state index contributed by atoms with van der Waals surface area (Å²) in [4.78, 5) is 17.1. The molecule has 1 aromatic rings. The first-order chi connectivity index (χ1) is 12.0. The number of anilines is 1. The summed E-state index contributed by atoms with van der Waals surface area (Å²) in [5, 5.41) is 2.63. The third-order valence-electron chi connectivity index (χ3n) is 3.49. The molecule has 0 bridgehead atoms. The predicted octanol–water partition coefficient (Wildman–Crippen LogP) is 3.80. The van der Waals surface area contributed by atoms with Gasteiger partial charge in [0.15, 0.2) is 0 Å². The number of halogens is 4. The van der Waals surface area contributed by atoms with Gasteiger partial charge in [0.1, 0.15) is 10.8 Å². The number of alkyl halides is 3. The number of nitrogens with one attached hydrogen (secondary N) is 1. The fraction of sp³-hybridized carbons (Fsp3) is 0.625. The normalized spacial score (nSPS) is 18.6. The van der Waals surface area contributed by atoms with Crippen molar-refractivity contribution in [3.63, 3.8) is 0 Å². The largest absolute Gasteiger partial charge is 0.444 e. The summed E-state index contributed by atoms with van der Waals surface area (Å²) in [6.07, 6.45) is -4.84. The first-order valence-corrected chi connectivity index (χ1v) is 8.39. The molecule has 6 nitrogen and oxygen atoms in total. The molecule has 26 heavy (non-hydrogen) atoms. The molecule has 1 unspecified atom stereocenters. The van der Waals surface area contributed by atoms with Crippen molar-refractivity contribution in [2.24, 2.45) is 0 Å². The van der Waals surface area contributed by atoms with E-state index in [4.69, 9.17) is 21.1 Å². The van der Waals surface area contributed by atoms with Gasteiger partial charge >= 0.3 is 12.3 Å². The molecule has 0 saturated carbocycles. The Hall–Kier alpha value is -1.74. The molecule has 0 spiro atoms. The van der Waals surface area contributed by atoms with Gasteiger partial charge in [-0.15, -0.1) is 0 Å². The van der Waals surface area contributed by atoms with Crippen LogP contribution < -0.4 is 5.32 Å². The number of pyridine rings is 1. The van der Waals surface area contributed by atoms with Crippen LogP contribution in [0.15, 0.2) is 12.3 Å². The molecule has 0 aliphatic carbocycles. The molecule has 1 saturated heterocycles. The highest BCUT2D eigenvalue weighted by atomic mass is 35.5. The molecular weight excluding hydrogens is 375 g/mol. The maximum atomic E-state index is 13.0. The molecule has 1 aromatic heterocycles. The van der Waals surface area contributed by atoms with E-state index in [2.05, 4.69) is 10.3 Å². The first-order valence-electron chi connectivity index (χ1n) is 8.02. The van der Waals surface area contributed by atoms with E-state index >= 15 is 0 Å². The Morgan fingerprint density at radius 2 is 2.15 bits per heavy atom. The molecule has 1 amide bonds. The number of hydrogen-bond acceptors (Lipinski definition) is 5. The van der Waals surface area contributed by atoms with E-state index in [0.29, 0.717) is 12.7 Å². The van der Waals surface area contributed by atoms with E-state index in [9.17, 15) is 18.0 Å². The molecule has 2 heterocycles. The number of nitrogens with zero attached hydrogens (tertiary/aromatic N) is 2. The van der Waals surface area contributed by atoms with E-state index in [0.717, 1.165) is 6.07 Å². The van der Waals surface area contributed by atoms with Crippen LogP contribution in [0, 0.1) is 0 Å². The lowest BCUT2D eigenvalue weighted by molar-refractivity contribution is -0.137. The number of carbonyl (C=O) groups is 1. The van der Waals surface area contributed by atoms with Crippen LogP contribution >= 0.6 is 11.6 Å². The molecule has 10 heteroatoms. The fourth-order valence-electron chi connectivity index (χ4n) is 2.36. The van der Waals surface area contributed by atoms with Crippen LogP contribution in [0.2, 0.25) is 5.15 Å². The summed E-state index contributed by atoms with van der Waals surface area (Å²) in [5.74, 6) is 0. The fourth-order valence-corrected chi connectivity index (χ4v) is 2.52. The van der Waals surface area contributed by atoms with Crippen molar-refractivity contribution in [2.45, 2.75) is 38.7 Å². The average Bonchev–Trinajstić information content (AvgIpc) is 2.50. The van der Waals surface area contributed by atoms with Gasteiger partial charge in [-0.3, -0.25) is 0 Å². The second-order valence-corrected chi connectivity index (χ2v) is 7.24. The van der Waals surface area contributed by atoms with Gasteiger partial charge in [0.2, 0.25) is 0 Å². The first kappa shape index (κ1) is 20.6. The minimum Gasteiger partial charge on any atom is -0.444 e. The minimum absolute atomic E-state index is 0.0551.